The number of amides is 2. The minimum absolute atomic E-state index is 0.0291. The Balaban J connectivity index is 1.53. The van der Waals surface area contributed by atoms with Gasteiger partial charge in [-0.3, -0.25) is 9.59 Å². The molecule has 170 valence electrons. The zero-order chi connectivity index (χ0) is 23.1. The molecule has 3 rings (SSSR count). The minimum atomic E-state index is -0.934. The first-order chi connectivity index (χ1) is 15.4. The van der Waals surface area contributed by atoms with Gasteiger partial charge in [-0.1, -0.05) is 62.4 Å². The predicted molar refractivity (Wildman–Crippen MR) is 121 cm³/mol. The van der Waals surface area contributed by atoms with Crippen molar-refractivity contribution in [1.29, 1.82) is 0 Å². The molecule has 0 saturated carbocycles. The van der Waals surface area contributed by atoms with Gasteiger partial charge in [-0.05, 0) is 35.1 Å². The Morgan fingerprint density at radius 3 is 2.09 bits per heavy atom. The van der Waals surface area contributed by atoms with Crippen molar-refractivity contribution in [3.63, 3.8) is 0 Å². The molecule has 0 heterocycles. The zero-order valence-electron chi connectivity index (χ0n) is 18.5. The van der Waals surface area contributed by atoms with Crippen LogP contribution < -0.4 is 10.6 Å². The normalized spacial score (nSPS) is 14.1. The van der Waals surface area contributed by atoms with Crippen molar-refractivity contribution in [1.82, 2.24) is 10.6 Å². The number of carbonyl (C=O) groups excluding carboxylic acids is 2. The summed E-state index contributed by atoms with van der Waals surface area (Å²) in [5.74, 6) is -1.88. The molecule has 0 saturated heterocycles. The minimum Gasteiger partial charge on any atom is -0.481 e. The number of aliphatic carboxylic acids is 1. The molecule has 0 radical (unpaired) electrons. The topological polar surface area (TPSA) is 105 Å². The van der Waals surface area contributed by atoms with Crippen LogP contribution in [0.1, 0.15) is 50.2 Å². The number of hydrogen-bond acceptors (Lipinski definition) is 4. The lowest BCUT2D eigenvalue weighted by Gasteiger charge is -2.19. The smallest absolute Gasteiger partial charge is 0.407 e. The van der Waals surface area contributed by atoms with Gasteiger partial charge >= 0.3 is 12.1 Å². The van der Waals surface area contributed by atoms with Crippen LogP contribution >= 0.6 is 0 Å². The standard InChI is InChI=1S/C25H30N2O5/c1-3-16(24(29)30)14-26-23(28)13-17(4-2)27-25(31)32-15-22-20-11-7-5-9-18(20)19-10-6-8-12-21(19)22/h5-12,16-17,22H,3-4,13-15H2,1-2H3,(H,26,28)(H,27,31)(H,29,30). The van der Waals surface area contributed by atoms with Crippen LogP contribution in [0.3, 0.4) is 0 Å². The molecule has 0 bridgehead atoms. The van der Waals surface area contributed by atoms with Gasteiger partial charge < -0.3 is 20.5 Å². The van der Waals surface area contributed by atoms with E-state index < -0.39 is 24.0 Å². The molecule has 32 heavy (non-hydrogen) atoms. The summed E-state index contributed by atoms with van der Waals surface area (Å²) in [5, 5.41) is 14.5. The van der Waals surface area contributed by atoms with Gasteiger partial charge in [0, 0.05) is 24.9 Å². The Morgan fingerprint density at radius 1 is 0.969 bits per heavy atom. The molecular formula is C25H30N2O5. The summed E-state index contributed by atoms with van der Waals surface area (Å²) in [4.78, 5) is 35.7. The van der Waals surface area contributed by atoms with Crippen LogP contribution in [0.15, 0.2) is 48.5 Å². The van der Waals surface area contributed by atoms with Gasteiger partial charge in [0.15, 0.2) is 0 Å². The SMILES string of the molecule is CCC(CC(=O)NCC(CC)C(=O)O)NC(=O)OCC1c2ccccc2-c2ccccc21. The monoisotopic (exact) mass is 438 g/mol. The number of carbonyl (C=O) groups is 3. The maximum atomic E-state index is 12.4. The fraction of sp³-hybridized carbons (Fsp3) is 0.400. The lowest BCUT2D eigenvalue weighted by Crippen LogP contribution is -2.41. The number of nitrogens with one attached hydrogen (secondary N) is 2. The molecule has 0 spiro atoms. The van der Waals surface area contributed by atoms with E-state index in [0.29, 0.717) is 12.8 Å². The maximum Gasteiger partial charge on any atom is 0.407 e. The molecule has 2 aromatic carbocycles. The molecule has 7 nitrogen and oxygen atoms in total. The summed E-state index contributed by atoms with van der Waals surface area (Å²) in [6.45, 7) is 3.91. The van der Waals surface area contributed by atoms with Crippen LogP contribution in [0.2, 0.25) is 0 Å². The van der Waals surface area contributed by atoms with Crippen molar-refractivity contribution in [3.05, 3.63) is 59.7 Å². The highest BCUT2D eigenvalue weighted by Crippen LogP contribution is 2.44. The molecule has 3 N–H and O–H groups in total. The Bertz CT molecular complexity index is 929. The molecule has 2 aromatic rings. The summed E-state index contributed by atoms with van der Waals surface area (Å²) >= 11 is 0. The predicted octanol–water partition coefficient (Wildman–Crippen LogP) is 3.92. The van der Waals surface area contributed by atoms with Crippen molar-refractivity contribution in [3.8, 4) is 11.1 Å². The maximum absolute atomic E-state index is 12.4. The van der Waals surface area contributed by atoms with E-state index in [2.05, 4.69) is 34.9 Å². The summed E-state index contributed by atoms with van der Waals surface area (Å²) in [7, 11) is 0. The molecule has 1 aliphatic carbocycles. The van der Waals surface area contributed by atoms with Crippen molar-refractivity contribution < 1.29 is 24.2 Å². The van der Waals surface area contributed by atoms with Gasteiger partial charge in [0.25, 0.3) is 0 Å². The van der Waals surface area contributed by atoms with E-state index in [1.807, 2.05) is 31.2 Å². The second kappa shape index (κ2) is 10.8. The molecule has 2 amide bonds. The largest absolute Gasteiger partial charge is 0.481 e. The second-order valence-electron chi connectivity index (χ2n) is 8.03. The molecule has 0 fully saturated rings. The number of hydrogen-bond donors (Lipinski definition) is 3. The van der Waals surface area contributed by atoms with E-state index in [-0.39, 0.29) is 31.4 Å². The van der Waals surface area contributed by atoms with Crippen LogP contribution in [0.5, 0.6) is 0 Å². The average molecular weight is 439 g/mol. The first-order valence-corrected chi connectivity index (χ1v) is 11.1. The number of ether oxygens (including phenoxy) is 1. The number of fused-ring (bicyclic) bond motifs is 3. The number of rotatable bonds is 10. The Labute approximate surface area is 188 Å². The van der Waals surface area contributed by atoms with Crippen molar-refractivity contribution in [2.24, 2.45) is 5.92 Å². The van der Waals surface area contributed by atoms with Gasteiger partial charge in [-0.15, -0.1) is 0 Å². The van der Waals surface area contributed by atoms with Crippen molar-refractivity contribution >= 4 is 18.0 Å². The Morgan fingerprint density at radius 2 is 1.56 bits per heavy atom. The highest BCUT2D eigenvalue weighted by Gasteiger charge is 2.29. The lowest BCUT2D eigenvalue weighted by atomic mass is 9.98. The quantitative estimate of drug-likeness (QED) is 0.521. The van der Waals surface area contributed by atoms with Gasteiger partial charge in [0.2, 0.25) is 5.91 Å². The van der Waals surface area contributed by atoms with Crippen LogP contribution in [0, 0.1) is 5.92 Å². The summed E-state index contributed by atoms with van der Waals surface area (Å²) in [5.41, 5.74) is 4.59. The molecule has 0 aromatic heterocycles. The highest BCUT2D eigenvalue weighted by atomic mass is 16.5. The first kappa shape index (κ1) is 23.3. The molecule has 0 aliphatic heterocycles. The zero-order valence-corrected chi connectivity index (χ0v) is 18.5. The van der Waals surface area contributed by atoms with Crippen molar-refractivity contribution in [2.45, 2.75) is 45.1 Å². The summed E-state index contributed by atoms with van der Waals surface area (Å²) < 4.78 is 5.54. The number of carboxylic acids is 1. The molecule has 2 unspecified atom stereocenters. The van der Waals surface area contributed by atoms with Crippen LogP contribution in [-0.2, 0) is 14.3 Å². The third-order valence-electron chi connectivity index (χ3n) is 5.98. The summed E-state index contributed by atoms with van der Waals surface area (Å²) in [6, 6.07) is 15.8. The van der Waals surface area contributed by atoms with Crippen LogP contribution in [0.4, 0.5) is 4.79 Å². The molecular weight excluding hydrogens is 408 g/mol. The third-order valence-corrected chi connectivity index (χ3v) is 5.98. The fourth-order valence-corrected chi connectivity index (χ4v) is 4.04. The number of benzene rings is 2. The Kier molecular flexibility index (Phi) is 7.87. The average Bonchev–Trinajstić information content (AvgIpc) is 3.11. The Hall–Kier alpha value is -3.35. The van der Waals surface area contributed by atoms with E-state index in [1.54, 1.807) is 6.92 Å². The van der Waals surface area contributed by atoms with E-state index >= 15 is 0 Å². The molecule has 1 aliphatic rings. The van der Waals surface area contributed by atoms with E-state index in [4.69, 9.17) is 9.84 Å². The first-order valence-electron chi connectivity index (χ1n) is 11.1. The second-order valence-corrected chi connectivity index (χ2v) is 8.03. The molecule has 7 heteroatoms. The summed E-state index contributed by atoms with van der Waals surface area (Å²) in [6.07, 6.45) is 0.485. The van der Waals surface area contributed by atoms with Crippen molar-refractivity contribution in [2.75, 3.05) is 13.2 Å². The lowest BCUT2D eigenvalue weighted by molar-refractivity contribution is -0.141. The van der Waals surface area contributed by atoms with Gasteiger partial charge in [0.1, 0.15) is 6.61 Å². The van der Waals surface area contributed by atoms with Crippen LogP contribution in [-0.4, -0.2) is 42.3 Å². The number of alkyl carbamates (subject to hydrolysis) is 1. The van der Waals surface area contributed by atoms with E-state index in [0.717, 1.165) is 22.3 Å². The fourth-order valence-electron chi connectivity index (χ4n) is 4.04. The van der Waals surface area contributed by atoms with Gasteiger partial charge in [-0.2, -0.15) is 0 Å². The van der Waals surface area contributed by atoms with E-state index in [9.17, 15) is 14.4 Å². The van der Waals surface area contributed by atoms with E-state index in [1.165, 1.54) is 0 Å². The third kappa shape index (κ3) is 5.46. The number of carboxylic acid groups (broad SMARTS) is 1. The van der Waals surface area contributed by atoms with Gasteiger partial charge in [-0.25, -0.2) is 4.79 Å². The van der Waals surface area contributed by atoms with Gasteiger partial charge in [0.05, 0.1) is 5.92 Å². The van der Waals surface area contributed by atoms with Crippen LogP contribution in [0.25, 0.3) is 11.1 Å². The molecule has 2 atom stereocenters. The highest BCUT2D eigenvalue weighted by molar-refractivity contribution is 5.80.